The average molecular weight is 178 g/mol. The van der Waals surface area contributed by atoms with Gasteiger partial charge in [0.1, 0.15) is 7.85 Å². The average Bonchev–Trinajstić information content (AvgIpc) is 2.49. The summed E-state index contributed by atoms with van der Waals surface area (Å²) in [5, 5.41) is 4.58. The van der Waals surface area contributed by atoms with Gasteiger partial charge in [-0.05, 0) is 6.07 Å². The predicted octanol–water partition coefficient (Wildman–Crippen LogP) is 1.21. The van der Waals surface area contributed by atoms with Crippen LogP contribution in [0.1, 0.15) is 0 Å². The molecule has 2 rings (SSSR count). The molecule has 0 fully saturated rings. The van der Waals surface area contributed by atoms with E-state index in [2.05, 4.69) is 5.10 Å². The summed E-state index contributed by atoms with van der Waals surface area (Å²) in [6, 6.07) is 5.30. The molecular formula is C7H4BFN2S. The SMILES string of the molecule is [B]c1cccc2c1cnn2SF. The first-order chi connectivity index (χ1) is 5.83. The molecule has 58 valence electrons. The van der Waals surface area contributed by atoms with E-state index in [0.717, 1.165) is 5.39 Å². The second kappa shape index (κ2) is 2.82. The Kier molecular flexibility index (Phi) is 1.80. The largest absolute Gasteiger partial charge is 0.188 e. The third-order valence-corrected chi connectivity index (χ3v) is 2.10. The van der Waals surface area contributed by atoms with Crippen molar-refractivity contribution in [3.63, 3.8) is 0 Å². The van der Waals surface area contributed by atoms with E-state index in [1.807, 2.05) is 0 Å². The Balaban J connectivity index is 2.80. The molecule has 0 N–H and O–H groups in total. The van der Waals surface area contributed by atoms with Crippen molar-refractivity contribution in [3.8, 4) is 0 Å². The van der Waals surface area contributed by atoms with Crippen molar-refractivity contribution in [1.29, 1.82) is 0 Å². The lowest BCUT2D eigenvalue weighted by atomic mass is 9.93. The number of hydrogen-bond donors (Lipinski definition) is 0. The molecule has 0 aliphatic heterocycles. The van der Waals surface area contributed by atoms with Crippen LogP contribution in [0.15, 0.2) is 24.4 Å². The Morgan fingerprint density at radius 2 is 2.33 bits per heavy atom. The summed E-state index contributed by atoms with van der Waals surface area (Å²) < 4.78 is 13.4. The maximum Gasteiger partial charge on any atom is 0.188 e. The molecule has 2 nitrogen and oxygen atoms in total. The zero-order valence-electron chi connectivity index (χ0n) is 6.07. The normalized spacial score (nSPS) is 10.8. The maximum atomic E-state index is 12.2. The maximum absolute atomic E-state index is 12.2. The Morgan fingerprint density at radius 3 is 3.08 bits per heavy atom. The fourth-order valence-electron chi connectivity index (χ4n) is 1.11. The molecule has 0 atom stereocenters. The molecule has 2 radical (unpaired) electrons. The quantitative estimate of drug-likeness (QED) is 0.610. The van der Waals surface area contributed by atoms with Crippen molar-refractivity contribution in [2.75, 3.05) is 0 Å². The van der Waals surface area contributed by atoms with E-state index in [1.165, 1.54) is 4.09 Å². The molecule has 12 heavy (non-hydrogen) atoms. The lowest BCUT2D eigenvalue weighted by Gasteiger charge is -1.95. The Morgan fingerprint density at radius 1 is 1.50 bits per heavy atom. The van der Waals surface area contributed by atoms with E-state index < -0.39 is 0 Å². The van der Waals surface area contributed by atoms with Crippen LogP contribution in [0.25, 0.3) is 10.9 Å². The zero-order valence-corrected chi connectivity index (χ0v) is 6.88. The summed E-state index contributed by atoms with van der Waals surface area (Å²) in [6.07, 6.45) is 1.55. The van der Waals surface area contributed by atoms with Crippen LogP contribution < -0.4 is 5.46 Å². The Labute approximate surface area is 74.6 Å². The summed E-state index contributed by atoms with van der Waals surface area (Å²) in [5.74, 6) is 0. The first kappa shape index (κ1) is 7.67. The molecule has 0 unspecified atom stereocenters. The smallest absolute Gasteiger partial charge is 0.176 e. The van der Waals surface area contributed by atoms with E-state index in [4.69, 9.17) is 7.85 Å². The van der Waals surface area contributed by atoms with Crippen LogP contribution in [0, 0.1) is 0 Å². The van der Waals surface area contributed by atoms with Crippen LogP contribution in [0.4, 0.5) is 3.89 Å². The topological polar surface area (TPSA) is 17.8 Å². The number of benzene rings is 1. The summed E-state index contributed by atoms with van der Waals surface area (Å²) in [5.41, 5.74) is 1.32. The van der Waals surface area contributed by atoms with Crippen LogP contribution in [0.5, 0.6) is 0 Å². The fourth-order valence-corrected chi connectivity index (χ4v) is 1.42. The zero-order chi connectivity index (χ0) is 8.55. The van der Waals surface area contributed by atoms with Gasteiger partial charge in [0.2, 0.25) is 0 Å². The monoisotopic (exact) mass is 178 g/mol. The highest BCUT2D eigenvalue weighted by Crippen LogP contribution is 2.16. The fraction of sp³-hybridized carbons (Fsp3) is 0. The molecule has 2 aromatic rings. The second-order valence-corrected chi connectivity index (χ2v) is 2.85. The third kappa shape index (κ3) is 1.01. The number of nitrogens with zero attached hydrogens (tertiary/aromatic N) is 2. The van der Waals surface area contributed by atoms with Gasteiger partial charge in [-0.1, -0.05) is 17.6 Å². The molecule has 1 heterocycles. The standard InChI is InChI=1S/C7H4BFN2S/c8-6-2-1-3-7-5(6)4-10-11(7)12-9/h1-4H. The molecular weight excluding hydrogens is 174 g/mol. The second-order valence-electron chi connectivity index (χ2n) is 2.37. The van der Waals surface area contributed by atoms with Crippen LogP contribution in [-0.4, -0.2) is 17.0 Å². The van der Waals surface area contributed by atoms with Gasteiger partial charge in [-0.15, -0.1) is 3.89 Å². The van der Waals surface area contributed by atoms with Crippen molar-refractivity contribution in [2.24, 2.45) is 0 Å². The Bertz CT molecular complexity index is 415. The number of halogens is 1. The van der Waals surface area contributed by atoms with E-state index >= 15 is 0 Å². The predicted molar refractivity (Wildman–Crippen MR) is 49.2 cm³/mol. The number of rotatable bonds is 1. The minimum Gasteiger partial charge on any atom is -0.176 e. The van der Waals surface area contributed by atoms with Gasteiger partial charge in [-0.3, -0.25) is 0 Å². The first-order valence-corrected chi connectivity index (χ1v) is 4.01. The van der Waals surface area contributed by atoms with Crippen molar-refractivity contribution in [3.05, 3.63) is 24.4 Å². The van der Waals surface area contributed by atoms with Gasteiger partial charge in [-0.25, -0.2) is 0 Å². The molecule has 0 spiro atoms. The van der Waals surface area contributed by atoms with Crippen molar-refractivity contribution < 1.29 is 3.89 Å². The Hall–Kier alpha value is -0.965. The highest BCUT2D eigenvalue weighted by atomic mass is 32.2. The van der Waals surface area contributed by atoms with Gasteiger partial charge in [0.05, 0.1) is 11.7 Å². The molecule has 0 aliphatic carbocycles. The van der Waals surface area contributed by atoms with Crippen LogP contribution in [-0.2, 0) is 0 Å². The number of aromatic nitrogens is 2. The van der Waals surface area contributed by atoms with Gasteiger partial charge in [-0.2, -0.15) is 9.19 Å². The molecule has 0 aliphatic rings. The molecule has 0 amide bonds. The lowest BCUT2D eigenvalue weighted by molar-refractivity contribution is 0.888. The molecule has 1 aromatic carbocycles. The summed E-state index contributed by atoms with van der Waals surface area (Å²) in [4.78, 5) is 0. The van der Waals surface area contributed by atoms with Crippen molar-refractivity contribution in [2.45, 2.75) is 0 Å². The molecule has 0 saturated carbocycles. The summed E-state index contributed by atoms with van der Waals surface area (Å²) >= 11 is 0.0637. The summed E-state index contributed by atoms with van der Waals surface area (Å²) in [6.45, 7) is 0. The van der Waals surface area contributed by atoms with Crippen molar-refractivity contribution in [1.82, 2.24) is 9.19 Å². The van der Waals surface area contributed by atoms with Gasteiger partial charge in [0, 0.05) is 5.39 Å². The van der Waals surface area contributed by atoms with Crippen LogP contribution in [0.3, 0.4) is 0 Å². The molecule has 0 bridgehead atoms. The summed E-state index contributed by atoms with van der Waals surface area (Å²) in [7, 11) is 5.64. The van der Waals surface area contributed by atoms with E-state index in [-0.39, 0.29) is 12.3 Å². The van der Waals surface area contributed by atoms with Gasteiger partial charge >= 0.3 is 0 Å². The minimum atomic E-state index is 0.0637. The van der Waals surface area contributed by atoms with E-state index in [0.29, 0.717) is 11.0 Å². The van der Waals surface area contributed by atoms with Gasteiger partial charge in [0.25, 0.3) is 0 Å². The highest BCUT2D eigenvalue weighted by Gasteiger charge is 2.03. The molecule has 5 heteroatoms. The van der Waals surface area contributed by atoms with Crippen molar-refractivity contribution >= 4 is 36.5 Å². The minimum absolute atomic E-state index is 0.0637. The molecule has 1 aromatic heterocycles. The van der Waals surface area contributed by atoms with Crippen LogP contribution in [0.2, 0.25) is 0 Å². The lowest BCUT2D eigenvalue weighted by Crippen LogP contribution is -2.01. The van der Waals surface area contributed by atoms with E-state index in [1.54, 1.807) is 24.4 Å². The third-order valence-electron chi connectivity index (χ3n) is 1.68. The van der Waals surface area contributed by atoms with Crippen LogP contribution >= 0.6 is 12.3 Å². The first-order valence-electron chi connectivity index (χ1n) is 3.34. The number of fused-ring (bicyclic) bond motifs is 1. The van der Waals surface area contributed by atoms with Gasteiger partial charge in [0.15, 0.2) is 12.3 Å². The van der Waals surface area contributed by atoms with E-state index in [9.17, 15) is 3.89 Å². The number of hydrogen-bond acceptors (Lipinski definition) is 2. The van der Waals surface area contributed by atoms with Gasteiger partial charge < -0.3 is 0 Å². The highest BCUT2D eigenvalue weighted by molar-refractivity contribution is 7.92. The molecule has 0 saturated heterocycles.